The van der Waals surface area contributed by atoms with Gasteiger partial charge in [-0.1, -0.05) is 19.7 Å². The van der Waals surface area contributed by atoms with Crippen LogP contribution in [0.2, 0.25) is 0 Å². The second-order valence-electron chi connectivity index (χ2n) is 38.5. The maximum Gasteiger partial charge on any atom is 0.143 e. The van der Waals surface area contributed by atoms with Crippen LogP contribution >= 0.6 is 0 Å². The van der Waals surface area contributed by atoms with Crippen LogP contribution in [0.1, 0.15) is 202 Å². The summed E-state index contributed by atoms with van der Waals surface area (Å²) >= 11 is 0. The minimum absolute atomic E-state index is 0.295. The fraction of sp³-hybridized carbons (Fsp3) is 0.889. The zero-order valence-corrected chi connectivity index (χ0v) is 67.0. The average Bonchev–Trinajstić information content (AvgIpc) is 1.48. The van der Waals surface area contributed by atoms with E-state index < -0.39 is 0 Å². The molecule has 12 aliphatic rings. The molecule has 6 spiro atoms. The topological polar surface area (TPSA) is 151 Å². The molecule has 0 atom stereocenters. The number of ketones is 3. The lowest BCUT2D eigenvalue weighted by molar-refractivity contribution is -0.119. The second-order valence-corrected chi connectivity index (χ2v) is 38.5. The first-order valence-corrected chi connectivity index (χ1v) is 39.3. The molecule has 0 aliphatic carbocycles. The van der Waals surface area contributed by atoms with E-state index in [1.165, 1.54) is 156 Å². The molecule has 18 nitrogen and oxygen atoms in total. The van der Waals surface area contributed by atoms with E-state index in [-0.39, 0.29) is 0 Å². The number of Topliss-reactive ketones (excluding diaryl/α,β-unsaturated/α-hetero) is 3. The van der Waals surface area contributed by atoms with Crippen LogP contribution in [0.3, 0.4) is 0 Å². The molecule has 0 aromatic rings. The summed E-state index contributed by atoms with van der Waals surface area (Å²) < 4.78 is 0. The molecule has 12 fully saturated rings. The summed E-state index contributed by atoms with van der Waals surface area (Å²) in [5.41, 5.74) is 4.18. The van der Waals surface area contributed by atoms with Crippen LogP contribution in [0.25, 0.3) is 0 Å². The number of likely N-dealkylation sites (tertiary alicyclic amines) is 12. The Morgan fingerprint density at radius 2 is 0.525 bits per heavy atom. The molecule has 0 saturated carbocycles. The predicted octanol–water partition coefficient (Wildman–Crippen LogP) is 10.9. The van der Waals surface area contributed by atoms with Crippen molar-refractivity contribution in [2.45, 2.75) is 236 Å². The van der Waals surface area contributed by atoms with Gasteiger partial charge in [-0.3, -0.25) is 63.4 Å². The number of carbonyl (C=O) groups excluding carboxylic acids is 3. The summed E-state index contributed by atoms with van der Waals surface area (Å²) in [6, 6.07) is 2.04. The van der Waals surface area contributed by atoms with E-state index in [1.807, 2.05) is 0 Å². The van der Waals surface area contributed by atoms with Crippen molar-refractivity contribution in [1.82, 2.24) is 58.8 Å². The Labute approximate surface area is 605 Å². The normalized spacial score (nSPS) is 25.9. The van der Waals surface area contributed by atoms with Gasteiger partial charge >= 0.3 is 0 Å². The Balaban J connectivity index is 0.000000167. The molecule has 12 rings (SSSR count). The molecule has 0 radical (unpaired) electrons. The van der Waals surface area contributed by atoms with E-state index in [4.69, 9.17) is 5.11 Å². The van der Waals surface area contributed by atoms with Crippen LogP contribution in [0.5, 0.6) is 0 Å². The van der Waals surface area contributed by atoms with Crippen molar-refractivity contribution in [2.75, 3.05) is 196 Å². The van der Waals surface area contributed by atoms with Gasteiger partial charge in [-0.25, -0.2) is 0 Å². The van der Waals surface area contributed by atoms with E-state index in [9.17, 15) is 24.6 Å². The lowest BCUT2D eigenvalue weighted by Gasteiger charge is -2.58. The summed E-state index contributed by atoms with van der Waals surface area (Å²) in [4.78, 5) is 62.7. The molecule has 0 aromatic carbocycles. The molecule has 12 heterocycles. The lowest BCUT2D eigenvalue weighted by atomic mass is 9.70. The number of aliphatic hydroxyl groups is 3. The highest BCUT2D eigenvalue weighted by molar-refractivity contribution is 5.78. The molecule has 99 heavy (non-hydrogen) atoms. The molecule has 12 saturated heterocycles. The van der Waals surface area contributed by atoms with E-state index in [0.29, 0.717) is 141 Å². The predicted molar refractivity (Wildman–Crippen MR) is 410 cm³/mol. The second kappa shape index (κ2) is 34.6. The van der Waals surface area contributed by atoms with E-state index in [0.717, 1.165) is 78.5 Å². The monoisotopic (exact) mass is 1390 g/mol. The quantitative estimate of drug-likeness (QED) is 0.133. The van der Waals surface area contributed by atoms with Crippen molar-refractivity contribution in [3.8, 4) is 0 Å². The van der Waals surface area contributed by atoms with Crippen LogP contribution in [0.15, 0.2) is 37.0 Å². The highest BCUT2D eigenvalue weighted by atomic mass is 16.3. The van der Waals surface area contributed by atoms with Gasteiger partial charge in [0, 0.05) is 124 Å². The van der Waals surface area contributed by atoms with Gasteiger partial charge < -0.3 is 25.1 Å². The summed E-state index contributed by atoms with van der Waals surface area (Å²) in [5, 5.41) is 27.5. The standard InChI is InChI=1S/C15H28N2O.3C14H26N2O.2C12H22N2O/c1-13(18)11-16-8-5-15(12-16)6-9-17(10-7-15)14(2,3)4;1-12(17)9-15-10-14(11-15)5-7-16(8-6-14)13(2,3)4;1-12(17)9-15-7-5-14(6-8-15)10-16(11-14)13(2,3)4;1-12(2)16-9-6-14(11-16)4-7-15(8-5-14)10-13(3)17;1-10(2)14-5-4-12(9-14)7-13(8-12)6-11(3)15;1-10(2)14-8-12(9-14)4-5-13(7-12)6-11(3)15/h5-12H2,1-4H3;2*17H,1,5-11H2,2-4H3;12H,4-11H2,1-3H3;10,15H,3-9H2,1-2H3;10H,4-9H2,1-3H3. The SMILES string of the molecule is C=C(O)CN1CC2(CCN(C(C)(C)C)CC2)C1.C=C(O)CN1CC2(CCN(C(C)C)C2)C1.C=C(O)CN1CCC2(CC1)CN(C(C)(C)C)C2.CC(=O)CN1CCC2(C1)CN(C(C)C)C2.CC(=O)CN1CCC2(CC1)CCN(C(C)C)C2.CC(=O)CN1CCC2(CCN(C(C)(C)C)CC2)C1. The van der Waals surface area contributed by atoms with Gasteiger partial charge in [0.15, 0.2) is 0 Å². The smallest absolute Gasteiger partial charge is 0.143 e. The molecular formula is C81H150N12O6. The average molecular weight is 1390 g/mol. The molecule has 0 aromatic heterocycles. The van der Waals surface area contributed by atoms with Gasteiger partial charge in [0.1, 0.15) is 17.3 Å². The molecule has 0 amide bonds. The number of rotatable bonds is 15. The van der Waals surface area contributed by atoms with Crippen LogP contribution in [0.4, 0.5) is 0 Å². The fourth-order valence-electron chi connectivity index (χ4n) is 19.0. The van der Waals surface area contributed by atoms with E-state index >= 15 is 0 Å². The Kier molecular flexibility index (Phi) is 29.1. The maximum atomic E-state index is 11.2. The highest BCUT2D eigenvalue weighted by Gasteiger charge is 2.52. The Morgan fingerprint density at radius 1 is 0.293 bits per heavy atom. The zero-order valence-electron chi connectivity index (χ0n) is 67.0. The Bertz CT molecular complexity index is 2600. The minimum atomic E-state index is 0.295. The lowest BCUT2D eigenvalue weighted by Crippen LogP contribution is -2.65. The minimum Gasteiger partial charge on any atom is -0.512 e. The van der Waals surface area contributed by atoms with E-state index in [1.54, 1.807) is 20.8 Å². The van der Waals surface area contributed by atoms with Crippen molar-refractivity contribution in [2.24, 2.45) is 32.5 Å². The third-order valence-corrected chi connectivity index (χ3v) is 25.4. The van der Waals surface area contributed by atoms with Crippen LogP contribution < -0.4 is 0 Å². The first-order chi connectivity index (χ1) is 45.9. The molecule has 18 heteroatoms. The van der Waals surface area contributed by atoms with Crippen molar-refractivity contribution >= 4 is 17.3 Å². The molecule has 3 N–H and O–H groups in total. The molecule has 0 bridgehead atoms. The van der Waals surface area contributed by atoms with Gasteiger partial charge in [-0.15, -0.1) is 0 Å². The molecule has 0 unspecified atom stereocenters. The van der Waals surface area contributed by atoms with Gasteiger partial charge in [-0.05, 0) is 302 Å². The number of hydrogen-bond acceptors (Lipinski definition) is 18. The largest absolute Gasteiger partial charge is 0.512 e. The number of carbonyl (C=O) groups is 3. The highest BCUT2D eigenvalue weighted by Crippen LogP contribution is 2.47. The maximum absolute atomic E-state index is 11.2. The van der Waals surface area contributed by atoms with Crippen LogP contribution in [-0.2, 0) is 14.4 Å². The third kappa shape index (κ3) is 24.6. The Morgan fingerprint density at radius 3 is 0.889 bits per heavy atom. The molecule has 570 valence electrons. The summed E-state index contributed by atoms with van der Waals surface area (Å²) in [6.45, 7) is 82.4. The van der Waals surface area contributed by atoms with Crippen molar-refractivity contribution < 1.29 is 29.7 Å². The van der Waals surface area contributed by atoms with Gasteiger partial charge in [0.25, 0.3) is 0 Å². The van der Waals surface area contributed by atoms with Crippen LogP contribution in [-0.4, -0.2) is 323 Å². The third-order valence-electron chi connectivity index (χ3n) is 25.4. The number of aliphatic hydroxyl groups excluding tert-OH is 3. The van der Waals surface area contributed by atoms with Crippen LogP contribution in [0, 0.1) is 32.5 Å². The van der Waals surface area contributed by atoms with Crippen molar-refractivity contribution in [1.29, 1.82) is 0 Å². The van der Waals surface area contributed by atoms with Crippen molar-refractivity contribution in [3.63, 3.8) is 0 Å². The molecule has 12 aliphatic heterocycles. The molecular weight excluding hydrogens is 1240 g/mol. The van der Waals surface area contributed by atoms with Gasteiger partial charge in [-0.2, -0.15) is 0 Å². The first kappa shape index (κ1) is 83.4. The van der Waals surface area contributed by atoms with Crippen molar-refractivity contribution in [3.05, 3.63) is 37.0 Å². The fourth-order valence-corrected chi connectivity index (χ4v) is 19.0. The van der Waals surface area contributed by atoms with Gasteiger partial charge in [0.2, 0.25) is 0 Å². The number of nitrogens with zero attached hydrogens (tertiary/aromatic N) is 12. The first-order valence-electron chi connectivity index (χ1n) is 39.3. The van der Waals surface area contributed by atoms with Gasteiger partial charge in [0.05, 0.1) is 56.5 Å². The number of hydrogen-bond donors (Lipinski definition) is 3. The summed E-state index contributed by atoms with van der Waals surface area (Å²) in [6.07, 6.45) is 15.6. The van der Waals surface area contributed by atoms with E-state index in [2.05, 4.69) is 182 Å². The zero-order chi connectivity index (χ0) is 73.3. The Hall–Kier alpha value is -2.85. The number of piperidine rings is 4. The summed E-state index contributed by atoms with van der Waals surface area (Å²) in [5.74, 6) is 1.80. The summed E-state index contributed by atoms with van der Waals surface area (Å²) in [7, 11) is 0.